The van der Waals surface area contributed by atoms with Gasteiger partial charge in [0.1, 0.15) is 11.8 Å². The Morgan fingerprint density at radius 2 is 2.55 bits per heavy atom. The lowest BCUT2D eigenvalue weighted by Gasteiger charge is -1.93. The van der Waals surface area contributed by atoms with E-state index < -0.39 is 6.10 Å². The van der Waals surface area contributed by atoms with Crippen molar-refractivity contribution in [3.63, 3.8) is 0 Å². The second kappa shape index (κ2) is 3.50. The van der Waals surface area contributed by atoms with Crippen LogP contribution < -0.4 is 0 Å². The molecule has 0 aromatic carbocycles. The highest BCUT2D eigenvalue weighted by Crippen LogP contribution is 2.12. The molecule has 0 aliphatic rings. The maximum absolute atomic E-state index is 9.03. The van der Waals surface area contributed by atoms with E-state index in [9.17, 15) is 0 Å². The molecule has 11 heavy (non-hydrogen) atoms. The Kier molecular flexibility index (Phi) is 2.62. The maximum atomic E-state index is 9.03. The fraction of sp³-hybridized carbons (Fsp3) is 0.571. The monoisotopic (exact) mass is 157 g/mol. The van der Waals surface area contributed by atoms with Crippen LogP contribution in [0.1, 0.15) is 24.5 Å². The van der Waals surface area contributed by atoms with Crippen molar-refractivity contribution in [2.45, 2.75) is 19.6 Å². The second-order valence-electron chi connectivity index (χ2n) is 2.33. The standard InChI is InChI=1S/C7H11NO3/c1-5(9)7-3-6(4-10-2)8-11-7/h3,5,9H,4H2,1-2H3. The number of methoxy groups -OCH3 is 1. The fourth-order valence-electron chi connectivity index (χ4n) is 0.741. The molecule has 1 N–H and O–H groups in total. The van der Waals surface area contributed by atoms with E-state index in [0.29, 0.717) is 18.1 Å². The first-order valence-corrected chi connectivity index (χ1v) is 3.36. The quantitative estimate of drug-likeness (QED) is 0.707. The first-order valence-electron chi connectivity index (χ1n) is 3.36. The Balaban J connectivity index is 2.66. The summed E-state index contributed by atoms with van der Waals surface area (Å²) in [6.45, 7) is 2.04. The summed E-state index contributed by atoms with van der Waals surface area (Å²) in [4.78, 5) is 0. The maximum Gasteiger partial charge on any atom is 0.165 e. The number of rotatable bonds is 3. The number of hydrogen-bond acceptors (Lipinski definition) is 4. The Bertz CT molecular complexity index is 219. The Morgan fingerprint density at radius 1 is 1.82 bits per heavy atom. The lowest BCUT2D eigenvalue weighted by molar-refractivity contribution is 0.154. The number of hydrogen-bond donors (Lipinski definition) is 1. The predicted octanol–water partition coefficient (Wildman–Crippen LogP) is 0.874. The Labute approximate surface area is 64.8 Å². The third-order valence-corrected chi connectivity index (χ3v) is 1.28. The van der Waals surface area contributed by atoms with Crippen LogP contribution in [0.15, 0.2) is 10.6 Å². The van der Waals surface area contributed by atoms with Gasteiger partial charge in [0, 0.05) is 13.2 Å². The minimum absolute atomic E-state index is 0.413. The molecule has 0 fully saturated rings. The van der Waals surface area contributed by atoms with Gasteiger partial charge in [-0.05, 0) is 6.92 Å². The zero-order valence-corrected chi connectivity index (χ0v) is 6.57. The van der Waals surface area contributed by atoms with Gasteiger partial charge in [-0.3, -0.25) is 0 Å². The number of aromatic nitrogens is 1. The lowest BCUT2D eigenvalue weighted by Crippen LogP contribution is -1.87. The summed E-state index contributed by atoms with van der Waals surface area (Å²) in [5.74, 6) is 0.469. The molecular weight excluding hydrogens is 146 g/mol. The molecule has 1 unspecified atom stereocenters. The Hall–Kier alpha value is -0.870. The third-order valence-electron chi connectivity index (χ3n) is 1.28. The van der Waals surface area contributed by atoms with Gasteiger partial charge < -0.3 is 14.4 Å². The van der Waals surface area contributed by atoms with Gasteiger partial charge in [0.25, 0.3) is 0 Å². The van der Waals surface area contributed by atoms with Crippen molar-refractivity contribution in [1.82, 2.24) is 5.16 Å². The summed E-state index contributed by atoms with van der Waals surface area (Å²) in [5, 5.41) is 12.7. The van der Waals surface area contributed by atoms with E-state index in [4.69, 9.17) is 14.4 Å². The molecule has 0 aliphatic heterocycles. The molecule has 4 heteroatoms. The fourth-order valence-corrected chi connectivity index (χ4v) is 0.741. The van der Waals surface area contributed by atoms with Crippen molar-refractivity contribution in [3.8, 4) is 0 Å². The lowest BCUT2D eigenvalue weighted by atomic mass is 10.3. The molecule has 0 bridgehead atoms. The molecule has 1 aromatic rings. The van der Waals surface area contributed by atoms with Crippen LogP contribution in [0.25, 0.3) is 0 Å². The molecule has 0 aliphatic carbocycles. The predicted molar refractivity (Wildman–Crippen MR) is 37.8 cm³/mol. The van der Waals surface area contributed by atoms with Crippen molar-refractivity contribution in [2.75, 3.05) is 7.11 Å². The van der Waals surface area contributed by atoms with Crippen LogP contribution in [0.5, 0.6) is 0 Å². The normalized spacial score (nSPS) is 13.4. The summed E-state index contributed by atoms with van der Waals surface area (Å²) < 4.78 is 9.62. The van der Waals surface area contributed by atoms with Gasteiger partial charge >= 0.3 is 0 Å². The summed E-state index contributed by atoms with van der Waals surface area (Å²) in [6.07, 6.45) is -0.604. The molecule has 1 aromatic heterocycles. The molecule has 1 atom stereocenters. The highest BCUT2D eigenvalue weighted by Gasteiger charge is 2.07. The first kappa shape index (κ1) is 8.23. The molecule has 0 spiro atoms. The van der Waals surface area contributed by atoms with E-state index in [0.717, 1.165) is 0 Å². The van der Waals surface area contributed by atoms with E-state index in [2.05, 4.69) is 5.16 Å². The number of aliphatic hydroxyl groups is 1. The summed E-state index contributed by atoms with van der Waals surface area (Å²) in [6, 6.07) is 1.67. The number of ether oxygens (including phenoxy) is 1. The number of nitrogens with zero attached hydrogens (tertiary/aromatic N) is 1. The third kappa shape index (κ3) is 2.03. The molecule has 1 rings (SSSR count). The summed E-state index contributed by atoms with van der Waals surface area (Å²) >= 11 is 0. The minimum Gasteiger partial charge on any atom is -0.385 e. The average Bonchev–Trinajstić information content (AvgIpc) is 2.37. The molecular formula is C7H11NO3. The molecule has 62 valence electrons. The largest absolute Gasteiger partial charge is 0.385 e. The van der Waals surface area contributed by atoms with Crippen LogP contribution in [-0.4, -0.2) is 17.4 Å². The van der Waals surface area contributed by atoms with E-state index in [-0.39, 0.29) is 0 Å². The van der Waals surface area contributed by atoms with Gasteiger partial charge in [0.2, 0.25) is 0 Å². The van der Waals surface area contributed by atoms with E-state index in [1.165, 1.54) is 0 Å². The zero-order chi connectivity index (χ0) is 8.27. The summed E-state index contributed by atoms with van der Waals surface area (Å²) in [5.41, 5.74) is 0.698. The van der Waals surface area contributed by atoms with Gasteiger partial charge in [-0.25, -0.2) is 0 Å². The van der Waals surface area contributed by atoms with Crippen LogP contribution in [0.2, 0.25) is 0 Å². The smallest absolute Gasteiger partial charge is 0.165 e. The Morgan fingerprint density at radius 3 is 3.00 bits per heavy atom. The highest BCUT2D eigenvalue weighted by atomic mass is 16.5. The van der Waals surface area contributed by atoms with E-state index in [1.54, 1.807) is 20.1 Å². The highest BCUT2D eigenvalue weighted by molar-refractivity contribution is 5.05. The van der Waals surface area contributed by atoms with Crippen LogP contribution >= 0.6 is 0 Å². The molecule has 0 radical (unpaired) electrons. The zero-order valence-electron chi connectivity index (χ0n) is 6.57. The van der Waals surface area contributed by atoms with Crippen molar-refractivity contribution in [1.29, 1.82) is 0 Å². The van der Waals surface area contributed by atoms with Crippen molar-refractivity contribution >= 4 is 0 Å². The molecule has 0 amide bonds. The minimum atomic E-state index is -0.604. The molecule has 4 nitrogen and oxygen atoms in total. The van der Waals surface area contributed by atoms with Gasteiger partial charge in [-0.15, -0.1) is 0 Å². The molecule has 1 heterocycles. The average molecular weight is 157 g/mol. The van der Waals surface area contributed by atoms with Crippen LogP contribution in [0.3, 0.4) is 0 Å². The first-order chi connectivity index (χ1) is 5.24. The SMILES string of the molecule is COCc1cc(C(C)O)on1. The topological polar surface area (TPSA) is 55.5 Å². The van der Waals surface area contributed by atoms with Crippen LogP contribution in [-0.2, 0) is 11.3 Å². The van der Waals surface area contributed by atoms with E-state index in [1.807, 2.05) is 0 Å². The molecule has 0 saturated heterocycles. The van der Waals surface area contributed by atoms with E-state index >= 15 is 0 Å². The van der Waals surface area contributed by atoms with Gasteiger partial charge in [-0.2, -0.15) is 0 Å². The second-order valence-corrected chi connectivity index (χ2v) is 2.33. The van der Waals surface area contributed by atoms with Crippen molar-refractivity contribution < 1.29 is 14.4 Å². The van der Waals surface area contributed by atoms with Crippen molar-refractivity contribution in [2.24, 2.45) is 0 Å². The van der Waals surface area contributed by atoms with Crippen molar-refractivity contribution in [3.05, 3.63) is 17.5 Å². The van der Waals surface area contributed by atoms with Gasteiger partial charge in [0.15, 0.2) is 5.76 Å². The van der Waals surface area contributed by atoms with Gasteiger partial charge in [0.05, 0.1) is 6.61 Å². The number of aliphatic hydroxyl groups excluding tert-OH is 1. The van der Waals surface area contributed by atoms with Crippen LogP contribution in [0, 0.1) is 0 Å². The van der Waals surface area contributed by atoms with Gasteiger partial charge in [-0.1, -0.05) is 5.16 Å². The summed E-state index contributed by atoms with van der Waals surface area (Å²) in [7, 11) is 1.58. The van der Waals surface area contributed by atoms with Crippen LogP contribution in [0.4, 0.5) is 0 Å². The molecule has 0 saturated carbocycles.